The average molecular weight is 414 g/mol. The van der Waals surface area contributed by atoms with Crippen molar-refractivity contribution in [2.45, 2.75) is 44.3 Å². The van der Waals surface area contributed by atoms with Crippen LogP contribution in [0.4, 0.5) is 0 Å². The summed E-state index contributed by atoms with van der Waals surface area (Å²) in [6.07, 6.45) is 3.62. The standard InChI is InChI=1S/C22H23N3O3.ClH/c23-16-8-10-17(11-9-16)24-20(26)15-5-3-4-14(12-15)13-25-21(27)18-6-1-2-7-19(18)22(25)28;/h1-7,12,16-17H,8-11,13,23H2,(H,24,26);1H. The third kappa shape index (κ3) is 4.33. The first-order chi connectivity index (χ1) is 13.5. The van der Waals surface area contributed by atoms with Gasteiger partial charge in [-0.1, -0.05) is 24.3 Å². The molecule has 0 spiro atoms. The molecule has 3 N–H and O–H groups in total. The highest BCUT2D eigenvalue weighted by molar-refractivity contribution is 6.21. The molecule has 0 aromatic heterocycles. The summed E-state index contributed by atoms with van der Waals surface area (Å²) in [6, 6.07) is 14.3. The van der Waals surface area contributed by atoms with Gasteiger partial charge in [0.25, 0.3) is 17.7 Å². The maximum atomic E-state index is 12.6. The smallest absolute Gasteiger partial charge is 0.261 e. The summed E-state index contributed by atoms with van der Waals surface area (Å²) in [5.41, 5.74) is 8.05. The molecule has 0 saturated heterocycles. The van der Waals surface area contributed by atoms with Crippen LogP contribution in [-0.2, 0) is 6.54 Å². The second-order valence-electron chi connectivity index (χ2n) is 7.53. The zero-order valence-corrected chi connectivity index (χ0v) is 16.8. The first-order valence-electron chi connectivity index (χ1n) is 9.63. The van der Waals surface area contributed by atoms with Crippen LogP contribution in [0.3, 0.4) is 0 Å². The van der Waals surface area contributed by atoms with Gasteiger partial charge < -0.3 is 11.1 Å². The van der Waals surface area contributed by atoms with Crippen molar-refractivity contribution >= 4 is 30.1 Å². The first kappa shape index (κ1) is 21.0. The predicted octanol–water partition coefficient (Wildman–Crippen LogP) is 2.90. The quantitative estimate of drug-likeness (QED) is 0.754. The fourth-order valence-electron chi connectivity index (χ4n) is 3.91. The molecule has 7 heteroatoms. The van der Waals surface area contributed by atoms with Gasteiger partial charge in [0.05, 0.1) is 17.7 Å². The van der Waals surface area contributed by atoms with Gasteiger partial charge in [0.15, 0.2) is 0 Å². The van der Waals surface area contributed by atoms with E-state index >= 15 is 0 Å². The molecular weight excluding hydrogens is 390 g/mol. The van der Waals surface area contributed by atoms with Gasteiger partial charge in [0, 0.05) is 17.6 Å². The lowest BCUT2D eigenvalue weighted by Crippen LogP contribution is -2.40. The Morgan fingerprint density at radius 3 is 2.21 bits per heavy atom. The number of rotatable bonds is 4. The monoisotopic (exact) mass is 413 g/mol. The minimum Gasteiger partial charge on any atom is -0.349 e. The number of amides is 3. The number of fused-ring (bicyclic) bond motifs is 1. The summed E-state index contributed by atoms with van der Waals surface area (Å²) < 4.78 is 0. The lowest BCUT2D eigenvalue weighted by Gasteiger charge is -2.26. The van der Waals surface area contributed by atoms with E-state index < -0.39 is 0 Å². The van der Waals surface area contributed by atoms with Crippen LogP contribution in [-0.4, -0.2) is 34.7 Å². The van der Waals surface area contributed by atoms with E-state index in [1.807, 2.05) is 6.07 Å². The molecule has 2 aromatic carbocycles. The van der Waals surface area contributed by atoms with Crippen LogP contribution >= 0.6 is 12.4 Å². The molecule has 29 heavy (non-hydrogen) atoms. The predicted molar refractivity (Wildman–Crippen MR) is 112 cm³/mol. The molecular formula is C22H24ClN3O3. The highest BCUT2D eigenvalue weighted by Crippen LogP contribution is 2.24. The molecule has 1 aliphatic carbocycles. The van der Waals surface area contributed by atoms with Crippen LogP contribution in [0.25, 0.3) is 0 Å². The molecule has 3 amide bonds. The normalized spacial score (nSPS) is 20.8. The van der Waals surface area contributed by atoms with E-state index in [4.69, 9.17) is 5.73 Å². The zero-order valence-electron chi connectivity index (χ0n) is 16.0. The molecule has 0 atom stereocenters. The first-order valence-corrected chi connectivity index (χ1v) is 9.63. The van der Waals surface area contributed by atoms with Crippen LogP contribution in [0.5, 0.6) is 0 Å². The van der Waals surface area contributed by atoms with Crippen LogP contribution in [0.15, 0.2) is 48.5 Å². The lowest BCUT2D eigenvalue weighted by molar-refractivity contribution is 0.0642. The minimum absolute atomic E-state index is 0. The topological polar surface area (TPSA) is 92.5 Å². The lowest BCUT2D eigenvalue weighted by atomic mass is 9.91. The molecule has 4 rings (SSSR count). The van der Waals surface area contributed by atoms with E-state index in [1.165, 1.54) is 4.90 Å². The molecule has 1 fully saturated rings. The van der Waals surface area contributed by atoms with Crippen molar-refractivity contribution in [3.8, 4) is 0 Å². The number of nitrogens with two attached hydrogens (primary N) is 1. The summed E-state index contributed by atoms with van der Waals surface area (Å²) in [5, 5.41) is 3.07. The summed E-state index contributed by atoms with van der Waals surface area (Å²) in [4.78, 5) is 38.9. The van der Waals surface area contributed by atoms with E-state index in [0.29, 0.717) is 16.7 Å². The Bertz CT molecular complexity index is 903. The Morgan fingerprint density at radius 2 is 1.59 bits per heavy atom. The fourth-order valence-corrected chi connectivity index (χ4v) is 3.91. The molecule has 0 unspecified atom stereocenters. The maximum Gasteiger partial charge on any atom is 0.261 e. The number of hydrogen-bond donors (Lipinski definition) is 2. The van der Waals surface area contributed by atoms with Gasteiger partial charge in [-0.25, -0.2) is 0 Å². The Balaban J connectivity index is 0.00000240. The van der Waals surface area contributed by atoms with E-state index in [2.05, 4.69) is 5.32 Å². The van der Waals surface area contributed by atoms with Crippen molar-refractivity contribution in [1.82, 2.24) is 10.2 Å². The summed E-state index contributed by atoms with van der Waals surface area (Å²) in [5.74, 6) is -0.729. The molecule has 1 saturated carbocycles. The van der Waals surface area contributed by atoms with E-state index in [-0.39, 0.29) is 48.8 Å². The van der Waals surface area contributed by atoms with Crippen LogP contribution in [0.1, 0.15) is 62.3 Å². The second kappa shape index (κ2) is 8.76. The Kier molecular flexibility index (Phi) is 6.35. The van der Waals surface area contributed by atoms with Crippen molar-refractivity contribution in [3.63, 3.8) is 0 Å². The van der Waals surface area contributed by atoms with E-state index in [1.54, 1.807) is 42.5 Å². The minimum atomic E-state index is -0.297. The Labute approximate surface area is 175 Å². The number of halogens is 1. The van der Waals surface area contributed by atoms with Crippen LogP contribution in [0, 0.1) is 0 Å². The number of carbonyl (C=O) groups is 3. The van der Waals surface area contributed by atoms with Crippen molar-refractivity contribution < 1.29 is 14.4 Å². The van der Waals surface area contributed by atoms with Crippen molar-refractivity contribution in [2.75, 3.05) is 0 Å². The van der Waals surface area contributed by atoms with Gasteiger partial charge in [0.1, 0.15) is 0 Å². The Morgan fingerprint density at radius 1 is 0.966 bits per heavy atom. The number of nitrogens with zero attached hydrogens (tertiary/aromatic N) is 1. The molecule has 2 aromatic rings. The third-order valence-electron chi connectivity index (χ3n) is 5.52. The molecule has 152 valence electrons. The molecule has 1 aliphatic heterocycles. The highest BCUT2D eigenvalue weighted by atomic mass is 35.5. The SMILES string of the molecule is Cl.NC1CCC(NC(=O)c2cccc(CN3C(=O)c4ccccc4C3=O)c2)CC1. The Hall–Kier alpha value is -2.70. The summed E-state index contributed by atoms with van der Waals surface area (Å²) in [7, 11) is 0. The molecule has 1 heterocycles. The van der Waals surface area contributed by atoms with E-state index in [0.717, 1.165) is 31.2 Å². The molecule has 6 nitrogen and oxygen atoms in total. The maximum absolute atomic E-state index is 12.6. The zero-order chi connectivity index (χ0) is 19.7. The van der Waals surface area contributed by atoms with Crippen molar-refractivity contribution in [2.24, 2.45) is 5.73 Å². The number of hydrogen-bond acceptors (Lipinski definition) is 4. The molecule has 2 aliphatic rings. The average Bonchev–Trinajstić information content (AvgIpc) is 2.95. The molecule has 0 bridgehead atoms. The van der Waals surface area contributed by atoms with Crippen LogP contribution < -0.4 is 11.1 Å². The number of nitrogens with one attached hydrogen (secondary N) is 1. The largest absolute Gasteiger partial charge is 0.349 e. The van der Waals surface area contributed by atoms with Gasteiger partial charge in [-0.2, -0.15) is 0 Å². The highest BCUT2D eigenvalue weighted by Gasteiger charge is 2.35. The van der Waals surface area contributed by atoms with Crippen LogP contribution in [0.2, 0.25) is 0 Å². The fraction of sp³-hybridized carbons (Fsp3) is 0.318. The van der Waals surface area contributed by atoms with Gasteiger partial charge in [-0.15, -0.1) is 12.4 Å². The third-order valence-corrected chi connectivity index (χ3v) is 5.52. The summed E-state index contributed by atoms with van der Waals surface area (Å²) in [6.45, 7) is 0.145. The van der Waals surface area contributed by atoms with Crippen molar-refractivity contribution in [3.05, 3.63) is 70.8 Å². The van der Waals surface area contributed by atoms with E-state index in [9.17, 15) is 14.4 Å². The second-order valence-corrected chi connectivity index (χ2v) is 7.53. The molecule has 0 radical (unpaired) electrons. The number of carbonyl (C=O) groups excluding carboxylic acids is 3. The van der Waals surface area contributed by atoms with Gasteiger partial charge in [-0.05, 0) is 55.5 Å². The van der Waals surface area contributed by atoms with Gasteiger partial charge >= 0.3 is 0 Å². The number of benzene rings is 2. The van der Waals surface area contributed by atoms with Crippen molar-refractivity contribution in [1.29, 1.82) is 0 Å². The van der Waals surface area contributed by atoms with Gasteiger partial charge in [0.2, 0.25) is 0 Å². The summed E-state index contributed by atoms with van der Waals surface area (Å²) >= 11 is 0. The van der Waals surface area contributed by atoms with Gasteiger partial charge in [-0.3, -0.25) is 19.3 Å². The number of imide groups is 1.